The zero-order valence-corrected chi connectivity index (χ0v) is 17.7. The van der Waals surface area contributed by atoms with Crippen molar-refractivity contribution in [1.82, 2.24) is 4.98 Å². The molecule has 0 amide bonds. The summed E-state index contributed by atoms with van der Waals surface area (Å²) in [4.78, 5) is 18.0. The van der Waals surface area contributed by atoms with Crippen LogP contribution in [0, 0.1) is 0 Å². The highest BCUT2D eigenvalue weighted by molar-refractivity contribution is 7.90. The maximum atomic E-state index is 13.2. The molecule has 0 spiro atoms. The third kappa shape index (κ3) is 3.72. The van der Waals surface area contributed by atoms with E-state index in [0.717, 1.165) is 24.0 Å². The van der Waals surface area contributed by atoms with E-state index >= 15 is 0 Å². The Balaban J connectivity index is 1.37. The van der Waals surface area contributed by atoms with E-state index in [1.54, 1.807) is 37.6 Å². The molecule has 1 aliphatic heterocycles. The van der Waals surface area contributed by atoms with Crippen molar-refractivity contribution in [3.63, 3.8) is 0 Å². The molecule has 5 rings (SSSR count). The predicted octanol–water partition coefficient (Wildman–Crippen LogP) is 2.47. The number of carbonyl (C=O) groups is 1. The Bertz CT molecular complexity index is 1280. The SMILES string of the molecule is CS(=O)(=O)c1ccc(-c2cccc([B]C(=O)C3(c4ccc5c(c4)OCO5)CC3)n2)cc1. The molecule has 8 heteroatoms. The van der Waals surface area contributed by atoms with Crippen molar-refractivity contribution in [2.24, 2.45) is 0 Å². The zero-order valence-electron chi connectivity index (χ0n) is 16.9. The van der Waals surface area contributed by atoms with E-state index in [1.165, 1.54) is 6.26 Å². The average Bonchev–Trinajstić information content (AvgIpc) is 3.44. The fourth-order valence-electron chi connectivity index (χ4n) is 3.83. The number of rotatable bonds is 6. The molecule has 0 bridgehead atoms. The van der Waals surface area contributed by atoms with Gasteiger partial charge in [0.1, 0.15) is 5.68 Å². The molecule has 0 unspecified atom stereocenters. The normalized spacial score (nSPS) is 16.0. The van der Waals surface area contributed by atoms with Crippen molar-refractivity contribution in [2.45, 2.75) is 23.2 Å². The van der Waals surface area contributed by atoms with Gasteiger partial charge in [0.2, 0.25) is 6.79 Å². The summed E-state index contributed by atoms with van der Waals surface area (Å²) in [5, 5.41) is 0. The summed E-state index contributed by atoms with van der Waals surface area (Å²) in [7, 11) is -1.66. The summed E-state index contributed by atoms with van der Waals surface area (Å²) in [6.45, 7) is 0.202. The molecule has 2 aromatic carbocycles. The van der Waals surface area contributed by atoms with Crippen LogP contribution in [-0.2, 0) is 20.0 Å². The molecule has 0 saturated heterocycles. The first kappa shape index (κ1) is 19.8. The molecule has 1 radical (unpaired) electrons. The second-order valence-electron chi connectivity index (χ2n) is 7.90. The second-order valence-corrected chi connectivity index (χ2v) is 9.92. The molecule has 0 N–H and O–H groups in total. The Hall–Kier alpha value is -3.13. The van der Waals surface area contributed by atoms with E-state index in [1.807, 2.05) is 30.3 Å². The van der Waals surface area contributed by atoms with E-state index in [0.29, 0.717) is 22.8 Å². The third-order valence-electron chi connectivity index (χ3n) is 5.77. The predicted molar refractivity (Wildman–Crippen MR) is 117 cm³/mol. The molecule has 1 fully saturated rings. The molecule has 6 nitrogen and oxygen atoms in total. The second kappa shape index (κ2) is 7.23. The molecule has 1 aliphatic carbocycles. The molecule has 3 aromatic rings. The first-order valence-corrected chi connectivity index (χ1v) is 11.8. The van der Waals surface area contributed by atoms with Crippen LogP contribution in [0.1, 0.15) is 18.4 Å². The molecule has 31 heavy (non-hydrogen) atoms. The van der Waals surface area contributed by atoms with Crippen molar-refractivity contribution in [3.8, 4) is 22.8 Å². The summed E-state index contributed by atoms with van der Waals surface area (Å²) in [6, 6.07) is 17.7. The summed E-state index contributed by atoms with van der Waals surface area (Å²) in [5.74, 6) is 1.38. The van der Waals surface area contributed by atoms with Crippen LogP contribution in [0.5, 0.6) is 11.5 Å². The quantitative estimate of drug-likeness (QED) is 0.557. The minimum absolute atomic E-state index is 0.0171. The molecular weight excluding hydrogens is 413 g/mol. The average molecular weight is 432 g/mol. The van der Waals surface area contributed by atoms with Gasteiger partial charge in [-0.1, -0.05) is 30.3 Å². The third-order valence-corrected chi connectivity index (χ3v) is 6.90. The molecule has 1 saturated carbocycles. The van der Waals surface area contributed by atoms with E-state index in [-0.39, 0.29) is 17.4 Å². The molecule has 0 atom stereocenters. The van der Waals surface area contributed by atoms with Crippen LogP contribution in [0.25, 0.3) is 11.3 Å². The highest BCUT2D eigenvalue weighted by atomic mass is 32.2. The number of hydrogen-bond acceptors (Lipinski definition) is 6. The fraction of sp³-hybridized carbons (Fsp3) is 0.217. The molecule has 1 aromatic heterocycles. The summed E-state index contributed by atoms with van der Waals surface area (Å²) < 4.78 is 34.2. The van der Waals surface area contributed by atoms with Crippen molar-refractivity contribution in [2.75, 3.05) is 13.0 Å². The van der Waals surface area contributed by atoms with Gasteiger partial charge in [-0.2, -0.15) is 0 Å². The van der Waals surface area contributed by atoms with Crippen LogP contribution in [0.15, 0.2) is 65.6 Å². The fourth-order valence-corrected chi connectivity index (χ4v) is 4.46. The van der Waals surface area contributed by atoms with Crippen molar-refractivity contribution < 1.29 is 22.7 Å². The monoisotopic (exact) mass is 432 g/mol. The molecule has 2 heterocycles. The van der Waals surface area contributed by atoms with Crippen molar-refractivity contribution in [3.05, 3.63) is 66.2 Å². The molecule has 2 aliphatic rings. The van der Waals surface area contributed by atoms with E-state index in [2.05, 4.69) is 4.98 Å². The minimum atomic E-state index is -3.25. The van der Waals surface area contributed by atoms with Crippen molar-refractivity contribution >= 4 is 28.4 Å². The largest absolute Gasteiger partial charge is 0.454 e. The van der Waals surface area contributed by atoms with Crippen LogP contribution >= 0.6 is 0 Å². The topological polar surface area (TPSA) is 82.6 Å². The molecular formula is C23H19BNO5S. The van der Waals surface area contributed by atoms with Gasteiger partial charge >= 0.3 is 0 Å². The van der Waals surface area contributed by atoms with Crippen LogP contribution in [0.3, 0.4) is 0 Å². The van der Waals surface area contributed by atoms with Crippen LogP contribution in [-0.4, -0.2) is 39.4 Å². The van der Waals surface area contributed by atoms with Gasteiger partial charge in [0.25, 0.3) is 7.28 Å². The smallest absolute Gasteiger partial charge is 0.267 e. The van der Waals surface area contributed by atoms with Crippen LogP contribution in [0.4, 0.5) is 0 Å². The number of benzene rings is 2. The summed E-state index contributed by atoms with van der Waals surface area (Å²) in [6.07, 6.45) is 2.75. The van der Waals surface area contributed by atoms with Gasteiger partial charge in [-0.15, -0.1) is 0 Å². The van der Waals surface area contributed by atoms with Crippen LogP contribution in [0.2, 0.25) is 0 Å². The summed E-state index contributed by atoms with van der Waals surface area (Å²) >= 11 is 0. The van der Waals surface area contributed by atoms with E-state index < -0.39 is 15.3 Å². The van der Waals surface area contributed by atoms with Gasteiger partial charge in [0, 0.05) is 22.8 Å². The Kier molecular flexibility index (Phi) is 4.62. The minimum Gasteiger partial charge on any atom is -0.454 e. The first-order valence-electron chi connectivity index (χ1n) is 9.92. The van der Waals surface area contributed by atoms with E-state index in [4.69, 9.17) is 9.47 Å². The lowest BCUT2D eigenvalue weighted by Gasteiger charge is -2.15. The van der Waals surface area contributed by atoms with Gasteiger partial charge < -0.3 is 14.3 Å². The van der Waals surface area contributed by atoms with Gasteiger partial charge in [-0.3, -0.25) is 4.98 Å². The van der Waals surface area contributed by atoms with Gasteiger partial charge in [0.15, 0.2) is 21.3 Å². The highest BCUT2D eigenvalue weighted by Gasteiger charge is 2.50. The number of aromatic nitrogens is 1. The molecule has 155 valence electrons. The van der Waals surface area contributed by atoms with Crippen LogP contribution < -0.4 is 15.1 Å². The number of ether oxygens (including phenoxy) is 2. The maximum absolute atomic E-state index is 13.2. The highest BCUT2D eigenvalue weighted by Crippen LogP contribution is 2.50. The number of sulfone groups is 1. The Morgan fingerprint density at radius 3 is 2.45 bits per heavy atom. The Morgan fingerprint density at radius 2 is 1.74 bits per heavy atom. The Labute approximate surface area is 181 Å². The number of hydrogen-bond donors (Lipinski definition) is 0. The summed E-state index contributed by atoms with van der Waals surface area (Å²) in [5.41, 5.74) is 2.45. The van der Waals surface area contributed by atoms with Crippen molar-refractivity contribution in [1.29, 1.82) is 0 Å². The zero-order chi connectivity index (χ0) is 21.6. The number of carbonyl (C=O) groups excluding carboxylic acids is 1. The van der Waals surface area contributed by atoms with Gasteiger partial charge in [0.05, 0.1) is 10.6 Å². The first-order chi connectivity index (χ1) is 14.8. The number of fused-ring (bicyclic) bond motifs is 1. The lowest BCUT2D eigenvalue weighted by atomic mass is 9.62. The lowest BCUT2D eigenvalue weighted by Crippen LogP contribution is -2.34. The van der Waals surface area contributed by atoms with Gasteiger partial charge in [-0.05, 0) is 48.7 Å². The van der Waals surface area contributed by atoms with E-state index in [9.17, 15) is 13.2 Å². The number of nitrogens with zero attached hydrogens (tertiary/aromatic N) is 1. The standard InChI is InChI=1S/C23H19BNO5S/c1-31(27,28)17-8-5-15(6-9-17)18-3-2-4-21(25-18)24-22(26)23(11-12-23)16-7-10-19-20(13-16)30-14-29-19/h2-10,13H,11-12,14H2,1H3. The lowest BCUT2D eigenvalue weighted by molar-refractivity contribution is -0.114. The van der Waals surface area contributed by atoms with Gasteiger partial charge in [-0.25, -0.2) is 8.42 Å². The maximum Gasteiger partial charge on any atom is 0.267 e. The number of pyridine rings is 1. The Morgan fingerprint density at radius 1 is 1.00 bits per heavy atom.